The van der Waals surface area contributed by atoms with Crippen LogP contribution in [0.4, 0.5) is 0 Å². The molecular weight excluding hydrogens is 184 g/mol. The molecule has 0 aromatic rings. The average molecular weight is 216 g/mol. The second kappa shape index (κ2) is 7.24. The van der Waals surface area contributed by atoms with Crippen LogP contribution in [0.3, 0.4) is 0 Å². The van der Waals surface area contributed by atoms with Gasteiger partial charge in [0, 0.05) is 5.54 Å². The van der Waals surface area contributed by atoms with Crippen molar-refractivity contribution in [2.24, 2.45) is 11.7 Å². The Balaban J connectivity index is 0. The van der Waals surface area contributed by atoms with Gasteiger partial charge in [0.05, 0.1) is 5.66 Å². The van der Waals surface area contributed by atoms with E-state index in [0.717, 1.165) is 12.3 Å². The van der Waals surface area contributed by atoms with Crippen LogP contribution in [0.15, 0.2) is 0 Å². The molecule has 0 bridgehead atoms. The Morgan fingerprint density at radius 3 is 1.67 bits per heavy atom. The molecule has 1 saturated heterocycles. The van der Waals surface area contributed by atoms with Gasteiger partial charge in [-0.1, -0.05) is 34.6 Å². The van der Waals surface area contributed by atoms with Crippen LogP contribution < -0.4 is 11.1 Å². The number of piperidine rings is 1. The minimum Gasteiger partial charge on any atom is -0.314 e. The lowest BCUT2D eigenvalue weighted by Crippen LogP contribution is -2.63. The summed E-state index contributed by atoms with van der Waals surface area (Å²) in [5.41, 5.74) is 6.08. The van der Waals surface area contributed by atoms with Gasteiger partial charge in [-0.15, -0.1) is 0 Å². The molecule has 0 saturated carbocycles. The van der Waals surface area contributed by atoms with Crippen LogP contribution in [0.1, 0.15) is 68.2 Å². The maximum Gasteiger partial charge on any atom is 0.0639 e. The summed E-state index contributed by atoms with van der Waals surface area (Å²) in [4.78, 5) is 0. The molecule has 1 aliphatic heterocycles. The van der Waals surface area contributed by atoms with Gasteiger partial charge in [0.25, 0.3) is 0 Å². The highest BCUT2D eigenvalue weighted by atomic mass is 15.1. The van der Waals surface area contributed by atoms with Crippen molar-refractivity contribution in [3.8, 4) is 0 Å². The number of nitrogens with one attached hydrogen (secondary N) is 1. The number of hydrogen-bond acceptors (Lipinski definition) is 2. The molecule has 0 amide bonds. The highest BCUT2D eigenvalue weighted by Gasteiger charge is 2.35. The summed E-state index contributed by atoms with van der Waals surface area (Å²) >= 11 is 0. The second-order valence-electron chi connectivity index (χ2n) is 4.94. The summed E-state index contributed by atoms with van der Waals surface area (Å²) in [6, 6.07) is 0. The van der Waals surface area contributed by atoms with Crippen LogP contribution in [-0.2, 0) is 0 Å². The molecule has 0 aliphatic carbocycles. The molecule has 0 spiro atoms. The summed E-state index contributed by atoms with van der Waals surface area (Å²) in [6.45, 7) is 16.8. The van der Waals surface area contributed by atoms with Gasteiger partial charge in [-0.05, 0) is 39.5 Å². The lowest BCUT2D eigenvalue weighted by atomic mass is 9.80. The van der Waals surface area contributed by atoms with Crippen molar-refractivity contribution in [2.45, 2.75) is 79.4 Å². The van der Waals surface area contributed by atoms with Gasteiger partial charge in [0.1, 0.15) is 0 Å². The molecule has 15 heavy (non-hydrogen) atoms. The minimum atomic E-state index is -0.166. The van der Waals surface area contributed by atoms with Crippen LogP contribution in [-0.4, -0.2) is 11.2 Å². The fourth-order valence-electron chi connectivity index (χ4n) is 2.54. The summed E-state index contributed by atoms with van der Waals surface area (Å²) in [6.07, 6.45) is 2.30. The molecule has 1 heterocycles. The van der Waals surface area contributed by atoms with E-state index in [1.165, 1.54) is 6.42 Å². The summed E-state index contributed by atoms with van der Waals surface area (Å²) in [7, 11) is 0. The van der Waals surface area contributed by atoms with Gasteiger partial charge in [-0.2, -0.15) is 0 Å². The Morgan fingerprint density at radius 1 is 1.00 bits per heavy atom. The zero-order valence-corrected chi connectivity index (χ0v) is 12.1. The van der Waals surface area contributed by atoms with Crippen molar-refractivity contribution in [1.29, 1.82) is 0 Å². The fraction of sp³-hybridized carbons (Fsp3) is 1.00. The van der Waals surface area contributed by atoms with Crippen molar-refractivity contribution in [3.05, 3.63) is 0 Å². The fourth-order valence-corrected chi connectivity index (χ4v) is 2.54. The monoisotopic (exact) mass is 216 g/mol. The van der Waals surface area contributed by atoms with E-state index in [4.69, 9.17) is 5.73 Å². The van der Waals surface area contributed by atoms with Crippen LogP contribution in [0, 0.1) is 5.92 Å². The minimum absolute atomic E-state index is 0.166. The molecule has 3 N–H and O–H groups in total. The van der Waals surface area contributed by atoms with Crippen LogP contribution in [0.2, 0.25) is 0 Å². The third-order valence-electron chi connectivity index (χ3n) is 2.26. The average Bonchev–Trinajstić information content (AvgIpc) is 2.04. The second-order valence-corrected chi connectivity index (χ2v) is 4.94. The van der Waals surface area contributed by atoms with Crippen molar-refractivity contribution >= 4 is 0 Å². The molecule has 2 heteroatoms. The smallest absolute Gasteiger partial charge is 0.0639 e. The van der Waals surface area contributed by atoms with Crippen LogP contribution in [0.5, 0.6) is 0 Å². The van der Waals surface area contributed by atoms with E-state index in [0.29, 0.717) is 0 Å². The first-order valence-electron chi connectivity index (χ1n) is 6.39. The molecule has 94 valence electrons. The van der Waals surface area contributed by atoms with Gasteiger partial charge < -0.3 is 5.73 Å². The predicted molar refractivity (Wildman–Crippen MR) is 70.9 cm³/mol. The SMILES string of the molecule is CC.CC.CC1CC(C)(C)NC(C)(N)C1. The first-order valence-corrected chi connectivity index (χ1v) is 6.39. The highest BCUT2D eigenvalue weighted by Crippen LogP contribution is 2.29. The quantitative estimate of drug-likeness (QED) is 0.650. The van der Waals surface area contributed by atoms with Crippen molar-refractivity contribution in [1.82, 2.24) is 5.32 Å². The lowest BCUT2D eigenvalue weighted by Gasteiger charge is -2.45. The summed E-state index contributed by atoms with van der Waals surface area (Å²) in [5, 5.41) is 3.44. The molecule has 2 nitrogen and oxygen atoms in total. The zero-order chi connectivity index (χ0) is 12.7. The normalized spacial score (nSPS) is 33.0. The maximum absolute atomic E-state index is 6.03. The first-order chi connectivity index (χ1) is 6.81. The van der Waals surface area contributed by atoms with E-state index in [1.54, 1.807) is 0 Å². The third kappa shape index (κ3) is 7.80. The Morgan fingerprint density at radius 2 is 1.40 bits per heavy atom. The Bertz CT molecular complexity index is 135. The third-order valence-corrected chi connectivity index (χ3v) is 2.26. The Hall–Kier alpha value is -0.0800. The molecule has 1 fully saturated rings. The van der Waals surface area contributed by atoms with Gasteiger partial charge in [0.2, 0.25) is 0 Å². The van der Waals surface area contributed by atoms with E-state index in [1.807, 2.05) is 27.7 Å². The largest absolute Gasteiger partial charge is 0.314 e. The molecule has 0 radical (unpaired) electrons. The van der Waals surface area contributed by atoms with Crippen molar-refractivity contribution in [3.63, 3.8) is 0 Å². The molecule has 2 unspecified atom stereocenters. The predicted octanol–water partition coefficient (Wildman–Crippen LogP) is 3.51. The number of hydrogen-bond donors (Lipinski definition) is 2. The summed E-state index contributed by atoms with van der Waals surface area (Å²) in [5.74, 6) is 0.737. The molecule has 1 aliphatic rings. The van der Waals surface area contributed by atoms with Gasteiger partial charge in [0.15, 0.2) is 0 Å². The molecule has 0 aromatic heterocycles. The van der Waals surface area contributed by atoms with Gasteiger partial charge >= 0.3 is 0 Å². The van der Waals surface area contributed by atoms with Gasteiger partial charge in [-0.3, -0.25) is 5.32 Å². The van der Waals surface area contributed by atoms with E-state index in [2.05, 4.69) is 33.0 Å². The van der Waals surface area contributed by atoms with E-state index in [9.17, 15) is 0 Å². The summed E-state index contributed by atoms with van der Waals surface area (Å²) < 4.78 is 0. The van der Waals surface area contributed by atoms with Gasteiger partial charge in [-0.25, -0.2) is 0 Å². The Kier molecular flexibility index (Phi) is 8.35. The highest BCUT2D eigenvalue weighted by molar-refractivity contribution is 4.94. The molecule has 2 atom stereocenters. The van der Waals surface area contributed by atoms with Crippen LogP contribution >= 0.6 is 0 Å². The Labute approximate surface area is 97.0 Å². The molecular formula is C13H32N2. The first kappa shape index (κ1) is 17.3. The van der Waals surface area contributed by atoms with Crippen molar-refractivity contribution < 1.29 is 0 Å². The number of rotatable bonds is 0. The van der Waals surface area contributed by atoms with E-state index in [-0.39, 0.29) is 11.2 Å². The maximum atomic E-state index is 6.03. The topological polar surface area (TPSA) is 38.0 Å². The van der Waals surface area contributed by atoms with Crippen molar-refractivity contribution in [2.75, 3.05) is 0 Å². The number of nitrogens with two attached hydrogens (primary N) is 1. The van der Waals surface area contributed by atoms with E-state index >= 15 is 0 Å². The standard InChI is InChI=1S/C9H20N2.2C2H6/c1-7-5-8(2,3)11-9(4,10)6-7;2*1-2/h7,11H,5-6,10H2,1-4H3;2*1-2H3. The zero-order valence-electron chi connectivity index (χ0n) is 12.1. The molecule has 0 aromatic carbocycles. The van der Waals surface area contributed by atoms with Crippen LogP contribution in [0.25, 0.3) is 0 Å². The molecule has 1 rings (SSSR count). The van der Waals surface area contributed by atoms with E-state index < -0.39 is 0 Å². The lowest BCUT2D eigenvalue weighted by molar-refractivity contribution is 0.129.